The lowest BCUT2D eigenvalue weighted by Crippen LogP contribution is -2.17. The Morgan fingerprint density at radius 3 is 2.78 bits per heavy atom. The van der Waals surface area contributed by atoms with Gasteiger partial charge in [0.15, 0.2) is 0 Å². The second-order valence-corrected chi connectivity index (χ2v) is 5.89. The second-order valence-electron chi connectivity index (χ2n) is 3.32. The van der Waals surface area contributed by atoms with Crippen LogP contribution in [0.1, 0.15) is 5.56 Å². The molecule has 0 spiro atoms. The zero-order valence-electron chi connectivity index (χ0n) is 8.68. The van der Waals surface area contributed by atoms with Crippen LogP contribution in [0.25, 0.3) is 6.08 Å². The van der Waals surface area contributed by atoms with Gasteiger partial charge in [-0.3, -0.25) is 14.9 Å². The minimum absolute atomic E-state index is 0.0460. The molecule has 5 nitrogen and oxygen atoms in total. The van der Waals surface area contributed by atoms with Crippen molar-refractivity contribution in [3.63, 3.8) is 0 Å². The minimum atomic E-state index is -0.488. The van der Waals surface area contributed by atoms with Gasteiger partial charge in [0.1, 0.15) is 4.32 Å². The third kappa shape index (κ3) is 2.77. The first-order chi connectivity index (χ1) is 8.47. The Morgan fingerprint density at radius 2 is 2.22 bits per heavy atom. The lowest BCUT2D eigenvalue weighted by molar-refractivity contribution is -0.385. The first-order valence-corrected chi connectivity index (χ1v) is 6.68. The largest absolute Gasteiger partial charge is 0.307 e. The molecule has 1 aliphatic rings. The maximum atomic E-state index is 11.4. The van der Waals surface area contributed by atoms with Crippen molar-refractivity contribution >= 4 is 61.9 Å². The zero-order valence-corrected chi connectivity index (χ0v) is 11.9. The highest BCUT2D eigenvalue weighted by Crippen LogP contribution is 2.29. The molecule has 1 aliphatic heterocycles. The quantitative estimate of drug-likeness (QED) is 0.386. The number of carbonyl (C=O) groups excluding carboxylic acids is 1. The van der Waals surface area contributed by atoms with E-state index in [-0.39, 0.29) is 11.6 Å². The fourth-order valence-corrected chi connectivity index (χ4v) is 2.77. The van der Waals surface area contributed by atoms with Crippen molar-refractivity contribution in [2.45, 2.75) is 0 Å². The summed E-state index contributed by atoms with van der Waals surface area (Å²) in [6.07, 6.45) is 1.57. The van der Waals surface area contributed by atoms with E-state index in [1.807, 2.05) is 0 Å². The fraction of sp³-hybridized carbons (Fsp3) is 0. The number of nitrogens with one attached hydrogen (secondary N) is 1. The van der Waals surface area contributed by atoms with Crippen LogP contribution in [-0.2, 0) is 4.79 Å². The Kier molecular flexibility index (Phi) is 3.79. The molecule has 0 aromatic heterocycles. The Hall–Kier alpha value is -1.25. The van der Waals surface area contributed by atoms with Crippen LogP contribution in [0.15, 0.2) is 27.6 Å². The van der Waals surface area contributed by atoms with Gasteiger partial charge in [-0.05, 0) is 33.6 Å². The van der Waals surface area contributed by atoms with E-state index in [0.717, 1.165) is 11.8 Å². The highest BCUT2D eigenvalue weighted by atomic mass is 79.9. The third-order valence-electron chi connectivity index (χ3n) is 2.11. The number of rotatable bonds is 2. The summed E-state index contributed by atoms with van der Waals surface area (Å²) >= 11 is 9.09. The Bertz CT molecular complexity index is 601. The fourth-order valence-electron chi connectivity index (χ4n) is 1.33. The van der Waals surface area contributed by atoms with Gasteiger partial charge in [0.2, 0.25) is 0 Å². The molecular weight excluding hydrogens is 340 g/mol. The van der Waals surface area contributed by atoms with E-state index in [1.165, 1.54) is 6.07 Å². The predicted octanol–water partition coefficient (Wildman–Crippen LogP) is 2.85. The molecule has 1 amide bonds. The van der Waals surface area contributed by atoms with Crippen LogP contribution in [0, 0.1) is 10.1 Å². The van der Waals surface area contributed by atoms with Gasteiger partial charge in [0.25, 0.3) is 11.6 Å². The topological polar surface area (TPSA) is 72.2 Å². The lowest BCUT2D eigenvalue weighted by atomic mass is 10.2. The van der Waals surface area contributed by atoms with E-state index < -0.39 is 4.92 Å². The molecule has 0 atom stereocenters. The van der Waals surface area contributed by atoms with Crippen molar-refractivity contribution in [2.24, 2.45) is 0 Å². The van der Waals surface area contributed by atoms with E-state index in [2.05, 4.69) is 21.2 Å². The molecule has 0 bridgehead atoms. The van der Waals surface area contributed by atoms with Gasteiger partial charge in [0.05, 0.1) is 14.3 Å². The summed E-state index contributed by atoms with van der Waals surface area (Å²) in [5.74, 6) is -0.282. The molecular formula is C10H5BrN2O3S2. The molecule has 0 saturated carbocycles. The number of thiocarbonyl (C=S) groups is 1. The van der Waals surface area contributed by atoms with Gasteiger partial charge in [-0.1, -0.05) is 30.0 Å². The number of amides is 1. The van der Waals surface area contributed by atoms with Crippen LogP contribution in [0.2, 0.25) is 0 Å². The molecule has 1 fully saturated rings. The smallest absolute Gasteiger partial charge is 0.284 e. The van der Waals surface area contributed by atoms with Crippen LogP contribution in [0.4, 0.5) is 5.69 Å². The van der Waals surface area contributed by atoms with E-state index in [0.29, 0.717) is 19.3 Å². The number of nitro benzene ring substituents is 1. The van der Waals surface area contributed by atoms with Crippen molar-refractivity contribution in [1.29, 1.82) is 0 Å². The average molecular weight is 345 g/mol. The molecule has 92 valence electrons. The number of nitro groups is 1. The molecule has 8 heteroatoms. The summed E-state index contributed by atoms with van der Waals surface area (Å²) in [4.78, 5) is 22.2. The molecule has 18 heavy (non-hydrogen) atoms. The number of halogens is 1. The van der Waals surface area contributed by atoms with E-state index in [4.69, 9.17) is 12.2 Å². The molecule has 0 unspecified atom stereocenters. The van der Waals surface area contributed by atoms with Crippen LogP contribution >= 0.6 is 39.9 Å². The minimum Gasteiger partial charge on any atom is -0.307 e. The third-order valence-corrected chi connectivity index (χ3v) is 3.94. The molecule has 0 radical (unpaired) electrons. The maximum absolute atomic E-state index is 11.4. The molecule has 2 rings (SSSR count). The Labute approximate surface area is 120 Å². The molecule has 1 aromatic rings. The van der Waals surface area contributed by atoms with Crippen LogP contribution in [0.5, 0.6) is 0 Å². The van der Waals surface area contributed by atoms with Crippen molar-refractivity contribution in [3.8, 4) is 0 Å². The first kappa shape index (κ1) is 13.2. The summed E-state index contributed by atoms with van der Waals surface area (Å²) in [6.45, 7) is 0. The summed E-state index contributed by atoms with van der Waals surface area (Å²) in [5, 5.41) is 13.3. The number of hydrogen-bond acceptors (Lipinski definition) is 5. The summed E-state index contributed by atoms with van der Waals surface area (Å²) in [6, 6.07) is 4.64. The van der Waals surface area contributed by atoms with E-state index in [9.17, 15) is 14.9 Å². The molecule has 1 heterocycles. The van der Waals surface area contributed by atoms with Gasteiger partial charge in [0, 0.05) is 6.07 Å². The average Bonchev–Trinajstić information content (AvgIpc) is 2.60. The maximum Gasteiger partial charge on any atom is 0.284 e. The van der Waals surface area contributed by atoms with Crippen molar-refractivity contribution in [1.82, 2.24) is 5.32 Å². The molecule has 0 aliphatic carbocycles. The van der Waals surface area contributed by atoms with Gasteiger partial charge in [-0.15, -0.1) is 0 Å². The van der Waals surface area contributed by atoms with Crippen LogP contribution < -0.4 is 5.32 Å². The summed E-state index contributed by atoms with van der Waals surface area (Å²) < 4.78 is 0.784. The highest BCUT2D eigenvalue weighted by molar-refractivity contribution is 9.10. The van der Waals surface area contributed by atoms with Crippen LogP contribution in [0.3, 0.4) is 0 Å². The number of benzene rings is 1. The monoisotopic (exact) mass is 344 g/mol. The Balaban J connectivity index is 2.38. The van der Waals surface area contributed by atoms with Crippen molar-refractivity contribution in [3.05, 3.63) is 43.3 Å². The van der Waals surface area contributed by atoms with Crippen LogP contribution in [-0.4, -0.2) is 15.2 Å². The predicted molar refractivity (Wildman–Crippen MR) is 77.1 cm³/mol. The van der Waals surface area contributed by atoms with E-state index in [1.54, 1.807) is 18.2 Å². The number of carbonyl (C=O) groups is 1. The number of hydrogen-bond donors (Lipinski definition) is 1. The second kappa shape index (κ2) is 5.17. The lowest BCUT2D eigenvalue weighted by Gasteiger charge is -1.98. The van der Waals surface area contributed by atoms with Gasteiger partial charge in [-0.25, -0.2) is 0 Å². The Morgan fingerprint density at radius 1 is 1.50 bits per heavy atom. The standard InChI is InChI=1S/C10H5BrN2O3S2/c11-6-2-1-5(3-7(6)13(15)16)4-8-9(14)12-10(17)18-8/h1-4H,(H,12,14,17). The zero-order chi connectivity index (χ0) is 13.3. The number of nitrogens with zero attached hydrogens (tertiary/aromatic N) is 1. The highest BCUT2D eigenvalue weighted by Gasteiger charge is 2.22. The van der Waals surface area contributed by atoms with Crippen molar-refractivity contribution in [2.75, 3.05) is 0 Å². The van der Waals surface area contributed by atoms with Gasteiger partial charge >= 0.3 is 0 Å². The SMILES string of the molecule is O=C1NC(=S)SC1=Cc1ccc(Br)c([N+](=O)[O-])c1. The summed E-state index contributed by atoms with van der Waals surface area (Å²) in [5.41, 5.74) is 0.530. The number of thioether (sulfide) groups is 1. The first-order valence-electron chi connectivity index (χ1n) is 4.66. The normalized spacial score (nSPS) is 17.1. The van der Waals surface area contributed by atoms with Gasteiger partial charge < -0.3 is 5.32 Å². The molecule has 1 aromatic carbocycles. The van der Waals surface area contributed by atoms with E-state index >= 15 is 0 Å². The molecule has 1 N–H and O–H groups in total. The van der Waals surface area contributed by atoms with Gasteiger partial charge in [-0.2, -0.15) is 0 Å². The summed E-state index contributed by atoms with van der Waals surface area (Å²) in [7, 11) is 0. The molecule has 1 saturated heterocycles. The van der Waals surface area contributed by atoms with Crippen molar-refractivity contribution < 1.29 is 9.72 Å².